The molecule has 1 unspecified atom stereocenters. The predicted molar refractivity (Wildman–Crippen MR) is 80.4 cm³/mol. The number of nitrogens with two attached hydrogens (primary N) is 1. The molecule has 0 aliphatic heterocycles. The third-order valence-electron chi connectivity index (χ3n) is 4.50. The van der Waals surface area contributed by atoms with E-state index in [0.717, 1.165) is 37.2 Å². The van der Waals surface area contributed by atoms with Crippen LogP contribution in [0.3, 0.4) is 0 Å². The lowest BCUT2D eigenvalue weighted by Gasteiger charge is -2.26. The van der Waals surface area contributed by atoms with Gasteiger partial charge < -0.3 is 15.1 Å². The van der Waals surface area contributed by atoms with Crippen LogP contribution in [0.25, 0.3) is 0 Å². The molecule has 20 heavy (non-hydrogen) atoms. The lowest BCUT2D eigenvalue weighted by Crippen LogP contribution is -2.15. The van der Waals surface area contributed by atoms with Gasteiger partial charge in [0, 0.05) is 24.6 Å². The van der Waals surface area contributed by atoms with Crippen molar-refractivity contribution >= 4 is 6.29 Å². The van der Waals surface area contributed by atoms with Gasteiger partial charge in [-0.3, -0.25) is 0 Å². The molecular formula is C16H27N3O. The summed E-state index contributed by atoms with van der Waals surface area (Å²) in [6.45, 7) is 2.99. The van der Waals surface area contributed by atoms with Crippen molar-refractivity contribution in [2.45, 2.75) is 57.9 Å². The molecule has 0 amide bonds. The molecule has 1 heterocycles. The average molecular weight is 277 g/mol. The minimum atomic E-state index is 0.0632. The first-order valence-corrected chi connectivity index (χ1v) is 7.90. The zero-order chi connectivity index (χ0) is 14.4. The number of carbonyl (C=O) groups is 1. The topological polar surface area (TPSA) is 60.9 Å². The fourth-order valence-corrected chi connectivity index (χ4v) is 3.09. The van der Waals surface area contributed by atoms with E-state index in [1.807, 2.05) is 6.33 Å². The molecule has 1 aliphatic carbocycles. The van der Waals surface area contributed by atoms with Gasteiger partial charge in [-0.15, -0.1) is 0 Å². The van der Waals surface area contributed by atoms with Crippen LogP contribution in [-0.2, 0) is 11.2 Å². The molecule has 2 N–H and O–H groups in total. The van der Waals surface area contributed by atoms with Gasteiger partial charge in [-0.1, -0.05) is 6.92 Å². The average Bonchev–Trinajstić information content (AvgIpc) is 2.92. The number of aromatic nitrogens is 2. The lowest BCUT2D eigenvalue weighted by atomic mass is 9.87. The quantitative estimate of drug-likeness (QED) is 0.780. The van der Waals surface area contributed by atoms with Crippen LogP contribution in [0, 0.1) is 11.8 Å². The van der Waals surface area contributed by atoms with Gasteiger partial charge in [0.25, 0.3) is 0 Å². The number of imidazole rings is 1. The first-order chi connectivity index (χ1) is 9.72. The van der Waals surface area contributed by atoms with Crippen molar-refractivity contribution in [2.75, 3.05) is 6.54 Å². The number of carbonyl (C=O) groups excluding carboxylic acids is 1. The van der Waals surface area contributed by atoms with Gasteiger partial charge in [0.1, 0.15) is 6.29 Å². The number of nitrogens with zero attached hydrogens (tertiary/aromatic N) is 2. The van der Waals surface area contributed by atoms with Crippen LogP contribution in [0.4, 0.5) is 0 Å². The number of hydrogen-bond donors (Lipinski definition) is 1. The molecule has 2 rings (SSSR count). The van der Waals surface area contributed by atoms with Gasteiger partial charge in [0.05, 0.1) is 12.0 Å². The smallest absolute Gasteiger partial charge is 0.123 e. The van der Waals surface area contributed by atoms with Crippen molar-refractivity contribution in [3.8, 4) is 0 Å². The van der Waals surface area contributed by atoms with Crippen LogP contribution >= 0.6 is 0 Å². The second-order valence-electron chi connectivity index (χ2n) is 6.26. The Labute approximate surface area is 121 Å². The summed E-state index contributed by atoms with van der Waals surface area (Å²) in [4.78, 5) is 15.6. The second-order valence-corrected chi connectivity index (χ2v) is 6.26. The lowest BCUT2D eigenvalue weighted by molar-refractivity contribution is -0.111. The highest BCUT2D eigenvalue weighted by atomic mass is 16.1. The summed E-state index contributed by atoms with van der Waals surface area (Å²) in [7, 11) is 0. The first-order valence-electron chi connectivity index (χ1n) is 7.90. The van der Waals surface area contributed by atoms with E-state index < -0.39 is 0 Å². The Morgan fingerprint density at radius 1 is 1.45 bits per heavy atom. The Kier molecular flexibility index (Phi) is 5.77. The summed E-state index contributed by atoms with van der Waals surface area (Å²) >= 11 is 0. The van der Waals surface area contributed by atoms with Crippen molar-refractivity contribution < 1.29 is 4.79 Å². The fourth-order valence-electron chi connectivity index (χ4n) is 3.09. The molecule has 1 atom stereocenters. The van der Waals surface area contributed by atoms with Gasteiger partial charge in [0.15, 0.2) is 0 Å². The third-order valence-corrected chi connectivity index (χ3v) is 4.50. The highest BCUT2D eigenvalue weighted by Gasteiger charge is 2.20. The molecule has 0 radical (unpaired) electrons. The maximum atomic E-state index is 11.1. The molecule has 0 saturated heterocycles. The second kappa shape index (κ2) is 7.58. The van der Waals surface area contributed by atoms with Crippen LogP contribution in [0.5, 0.6) is 0 Å². The molecule has 0 spiro atoms. The van der Waals surface area contributed by atoms with Crippen molar-refractivity contribution in [1.29, 1.82) is 0 Å². The summed E-state index contributed by atoms with van der Waals surface area (Å²) in [6, 6.07) is 0.603. The summed E-state index contributed by atoms with van der Waals surface area (Å²) < 4.78 is 2.26. The third kappa shape index (κ3) is 4.17. The first kappa shape index (κ1) is 15.2. The van der Waals surface area contributed by atoms with E-state index in [9.17, 15) is 4.79 Å². The molecule has 1 aliphatic rings. The van der Waals surface area contributed by atoms with Gasteiger partial charge in [-0.2, -0.15) is 0 Å². The minimum absolute atomic E-state index is 0.0632. The number of hydrogen-bond acceptors (Lipinski definition) is 3. The molecule has 0 bridgehead atoms. The highest BCUT2D eigenvalue weighted by molar-refractivity contribution is 5.53. The predicted octanol–water partition coefficient (Wildman–Crippen LogP) is 2.73. The molecule has 1 aromatic rings. The normalized spacial score (nSPS) is 24.5. The largest absolute Gasteiger partial charge is 0.334 e. The van der Waals surface area contributed by atoms with Crippen molar-refractivity contribution in [3.63, 3.8) is 0 Å². The van der Waals surface area contributed by atoms with E-state index in [2.05, 4.69) is 22.7 Å². The standard InChI is InChI=1S/C16H27N3O/c1-13-4-6-16(7-5-13)19-10-15(18-12-19)9-14(11-20)3-2-8-17/h10-14,16H,2-9,17H2,1H3. The Bertz CT molecular complexity index is 408. The minimum Gasteiger partial charge on any atom is -0.334 e. The van der Waals surface area contributed by atoms with Crippen molar-refractivity contribution in [2.24, 2.45) is 17.6 Å². The van der Waals surface area contributed by atoms with E-state index in [4.69, 9.17) is 5.73 Å². The summed E-state index contributed by atoms with van der Waals surface area (Å²) in [5.74, 6) is 0.929. The van der Waals surface area contributed by atoms with Gasteiger partial charge in [-0.05, 0) is 51.0 Å². The van der Waals surface area contributed by atoms with Crippen LogP contribution in [0.15, 0.2) is 12.5 Å². The van der Waals surface area contributed by atoms with Crippen LogP contribution in [-0.4, -0.2) is 22.4 Å². The van der Waals surface area contributed by atoms with E-state index in [-0.39, 0.29) is 5.92 Å². The van der Waals surface area contributed by atoms with E-state index >= 15 is 0 Å². The van der Waals surface area contributed by atoms with Gasteiger partial charge >= 0.3 is 0 Å². The Balaban J connectivity index is 1.89. The molecule has 1 aromatic heterocycles. The maximum Gasteiger partial charge on any atom is 0.123 e. The molecule has 4 nitrogen and oxygen atoms in total. The van der Waals surface area contributed by atoms with Crippen LogP contribution < -0.4 is 5.73 Å². The zero-order valence-corrected chi connectivity index (χ0v) is 12.5. The van der Waals surface area contributed by atoms with Crippen molar-refractivity contribution in [1.82, 2.24) is 9.55 Å². The highest BCUT2D eigenvalue weighted by Crippen LogP contribution is 2.31. The van der Waals surface area contributed by atoms with E-state index in [1.54, 1.807) is 0 Å². The Hall–Kier alpha value is -1.16. The molecule has 4 heteroatoms. The van der Waals surface area contributed by atoms with Crippen molar-refractivity contribution in [3.05, 3.63) is 18.2 Å². The monoisotopic (exact) mass is 277 g/mol. The molecule has 112 valence electrons. The molecule has 0 aromatic carbocycles. The number of rotatable bonds is 7. The summed E-state index contributed by atoms with van der Waals surface area (Å²) in [5, 5.41) is 0. The van der Waals surface area contributed by atoms with Gasteiger partial charge in [0.2, 0.25) is 0 Å². The molecule has 1 saturated carbocycles. The summed E-state index contributed by atoms with van der Waals surface area (Å²) in [5.41, 5.74) is 6.54. The number of aldehydes is 1. The Morgan fingerprint density at radius 3 is 2.85 bits per heavy atom. The maximum absolute atomic E-state index is 11.1. The van der Waals surface area contributed by atoms with Crippen LogP contribution in [0.2, 0.25) is 0 Å². The SMILES string of the molecule is CC1CCC(n2cnc(CC(C=O)CCCN)c2)CC1. The molecular weight excluding hydrogens is 250 g/mol. The van der Waals surface area contributed by atoms with Gasteiger partial charge in [-0.25, -0.2) is 4.98 Å². The Morgan fingerprint density at radius 2 is 2.20 bits per heavy atom. The zero-order valence-electron chi connectivity index (χ0n) is 12.5. The van der Waals surface area contributed by atoms with E-state index in [0.29, 0.717) is 12.6 Å². The fraction of sp³-hybridized carbons (Fsp3) is 0.750. The van der Waals surface area contributed by atoms with Crippen LogP contribution in [0.1, 0.15) is 57.2 Å². The van der Waals surface area contributed by atoms with E-state index in [1.165, 1.54) is 25.7 Å². The summed E-state index contributed by atoms with van der Waals surface area (Å²) in [6.07, 6.45) is 12.8. The molecule has 1 fully saturated rings.